The van der Waals surface area contributed by atoms with E-state index in [4.69, 9.17) is 5.73 Å². The Morgan fingerprint density at radius 2 is 2.00 bits per heavy atom. The van der Waals surface area contributed by atoms with E-state index in [0.717, 1.165) is 6.04 Å². The van der Waals surface area contributed by atoms with E-state index in [1.54, 1.807) is 0 Å². The molecule has 2 rings (SSSR count). The number of hydrogen-bond acceptors (Lipinski definition) is 2. The predicted molar refractivity (Wildman–Crippen MR) is 60.3 cm³/mol. The van der Waals surface area contributed by atoms with Crippen LogP contribution >= 0.6 is 0 Å². The summed E-state index contributed by atoms with van der Waals surface area (Å²) in [6.07, 6.45) is 9.45. The number of unbranched alkanes of at least 4 members (excludes halogenated alkanes) is 1. The summed E-state index contributed by atoms with van der Waals surface area (Å²) in [5.74, 6) is 0. The van der Waals surface area contributed by atoms with E-state index >= 15 is 0 Å². The lowest BCUT2D eigenvalue weighted by atomic mass is 10.1. The van der Waals surface area contributed by atoms with Gasteiger partial charge in [0.25, 0.3) is 0 Å². The van der Waals surface area contributed by atoms with Crippen LogP contribution in [0.5, 0.6) is 0 Å². The lowest BCUT2D eigenvalue weighted by molar-refractivity contribution is 0.172. The van der Waals surface area contributed by atoms with E-state index in [0.29, 0.717) is 12.1 Å². The molecule has 0 saturated heterocycles. The summed E-state index contributed by atoms with van der Waals surface area (Å²) >= 11 is 0. The molecule has 0 bridgehead atoms. The fourth-order valence-corrected chi connectivity index (χ4v) is 2.75. The monoisotopic (exact) mass is 196 g/mol. The zero-order valence-electron chi connectivity index (χ0n) is 9.41. The van der Waals surface area contributed by atoms with Crippen molar-refractivity contribution in [1.82, 2.24) is 4.90 Å². The van der Waals surface area contributed by atoms with Gasteiger partial charge in [-0.05, 0) is 38.6 Å². The molecule has 2 atom stereocenters. The zero-order valence-corrected chi connectivity index (χ0v) is 9.41. The van der Waals surface area contributed by atoms with Crippen LogP contribution in [0.1, 0.15) is 51.9 Å². The van der Waals surface area contributed by atoms with Crippen molar-refractivity contribution in [2.45, 2.75) is 70.0 Å². The molecule has 14 heavy (non-hydrogen) atoms. The Kier molecular flexibility index (Phi) is 3.45. The van der Waals surface area contributed by atoms with Crippen LogP contribution in [0.4, 0.5) is 0 Å². The van der Waals surface area contributed by atoms with Crippen molar-refractivity contribution >= 4 is 0 Å². The molecule has 82 valence electrons. The van der Waals surface area contributed by atoms with Gasteiger partial charge < -0.3 is 5.73 Å². The Bertz CT molecular complexity index is 177. The highest BCUT2D eigenvalue weighted by molar-refractivity contribution is 4.95. The maximum absolute atomic E-state index is 6.18. The lowest BCUT2D eigenvalue weighted by Gasteiger charge is -2.31. The zero-order chi connectivity index (χ0) is 9.97. The molecule has 0 radical (unpaired) electrons. The van der Waals surface area contributed by atoms with Crippen LogP contribution in [-0.4, -0.2) is 29.6 Å². The van der Waals surface area contributed by atoms with E-state index < -0.39 is 0 Å². The van der Waals surface area contributed by atoms with Gasteiger partial charge in [0.1, 0.15) is 0 Å². The van der Waals surface area contributed by atoms with Gasteiger partial charge >= 0.3 is 0 Å². The minimum Gasteiger partial charge on any atom is -0.326 e. The Morgan fingerprint density at radius 1 is 1.21 bits per heavy atom. The first kappa shape index (κ1) is 10.4. The van der Waals surface area contributed by atoms with Crippen LogP contribution in [-0.2, 0) is 0 Å². The summed E-state index contributed by atoms with van der Waals surface area (Å²) in [4.78, 5) is 2.72. The van der Waals surface area contributed by atoms with Gasteiger partial charge in [0.15, 0.2) is 0 Å². The van der Waals surface area contributed by atoms with E-state index in [2.05, 4.69) is 11.8 Å². The standard InChI is InChI=1S/C12H24N2/c1-2-3-9-14(10-7-8-10)12-6-4-5-11(12)13/h10-12H,2-9,13H2,1H3. The molecule has 2 nitrogen and oxygen atoms in total. The summed E-state index contributed by atoms with van der Waals surface area (Å²) in [7, 11) is 0. The first-order valence-electron chi connectivity index (χ1n) is 6.34. The van der Waals surface area contributed by atoms with Crippen LogP contribution in [0.25, 0.3) is 0 Å². The quantitative estimate of drug-likeness (QED) is 0.730. The van der Waals surface area contributed by atoms with E-state index in [1.165, 1.54) is 51.5 Å². The molecular weight excluding hydrogens is 172 g/mol. The maximum atomic E-state index is 6.18. The van der Waals surface area contributed by atoms with Crippen LogP contribution in [0, 0.1) is 0 Å². The van der Waals surface area contributed by atoms with Crippen LogP contribution < -0.4 is 5.73 Å². The number of hydrogen-bond donors (Lipinski definition) is 1. The van der Waals surface area contributed by atoms with Gasteiger partial charge in [-0.1, -0.05) is 19.8 Å². The molecule has 2 unspecified atom stereocenters. The highest BCUT2D eigenvalue weighted by Crippen LogP contribution is 2.34. The third-order valence-corrected chi connectivity index (χ3v) is 3.74. The molecule has 2 N–H and O–H groups in total. The molecule has 0 spiro atoms. The number of nitrogens with zero attached hydrogens (tertiary/aromatic N) is 1. The SMILES string of the molecule is CCCCN(C1CC1)C1CCCC1N. The highest BCUT2D eigenvalue weighted by atomic mass is 15.2. The molecular formula is C12H24N2. The van der Waals surface area contributed by atoms with Gasteiger partial charge in [-0.2, -0.15) is 0 Å². The third kappa shape index (κ3) is 2.29. The smallest absolute Gasteiger partial charge is 0.0250 e. The van der Waals surface area contributed by atoms with Gasteiger partial charge in [-0.3, -0.25) is 4.90 Å². The Balaban J connectivity index is 1.88. The molecule has 0 aromatic carbocycles. The van der Waals surface area contributed by atoms with Crippen molar-refractivity contribution in [2.75, 3.05) is 6.54 Å². The highest BCUT2D eigenvalue weighted by Gasteiger charge is 2.37. The summed E-state index contributed by atoms with van der Waals surface area (Å²) in [5, 5.41) is 0. The van der Waals surface area contributed by atoms with Gasteiger partial charge in [0.05, 0.1) is 0 Å². The van der Waals surface area contributed by atoms with E-state index in [9.17, 15) is 0 Å². The average Bonchev–Trinajstić information content (AvgIpc) is 2.92. The lowest BCUT2D eigenvalue weighted by Crippen LogP contribution is -2.46. The fraction of sp³-hybridized carbons (Fsp3) is 1.00. The van der Waals surface area contributed by atoms with Crippen molar-refractivity contribution in [1.29, 1.82) is 0 Å². The minimum absolute atomic E-state index is 0.465. The first-order chi connectivity index (χ1) is 6.83. The average molecular weight is 196 g/mol. The van der Waals surface area contributed by atoms with Crippen molar-refractivity contribution in [3.05, 3.63) is 0 Å². The summed E-state index contributed by atoms with van der Waals surface area (Å²) < 4.78 is 0. The second kappa shape index (κ2) is 4.63. The van der Waals surface area contributed by atoms with Crippen molar-refractivity contribution < 1.29 is 0 Å². The molecule has 0 aromatic heterocycles. The summed E-state index contributed by atoms with van der Waals surface area (Å²) in [6, 6.07) is 2.08. The largest absolute Gasteiger partial charge is 0.326 e. The Labute approximate surface area is 87.8 Å². The minimum atomic E-state index is 0.465. The fourth-order valence-electron chi connectivity index (χ4n) is 2.75. The first-order valence-corrected chi connectivity index (χ1v) is 6.34. The Morgan fingerprint density at radius 3 is 2.50 bits per heavy atom. The van der Waals surface area contributed by atoms with E-state index in [1.807, 2.05) is 0 Å². The summed E-state index contributed by atoms with van der Waals surface area (Å²) in [6.45, 7) is 3.57. The van der Waals surface area contributed by atoms with Gasteiger partial charge in [0.2, 0.25) is 0 Å². The Hall–Kier alpha value is -0.0800. The molecule has 2 saturated carbocycles. The van der Waals surface area contributed by atoms with Crippen LogP contribution in [0.15, 0.2) is 0 Å². The summed E-state index contributed by atoms with van der Waals surface area (Å²) in [5.41, 5.74) is 6.18. The van der Waals surface area contributed by atoms with E-state index in [-0.39, 0.29) is 0 Å². The molecule has 0 aromatic rings. The second-order valence-corrected chi connectivity index (χ2v) is 4.98. The van der Waals surface area contributed by atoms with Gasteiger partial charge in [0, 0.05) is 18.1 Å². The molecule has 0 heterocycles. The molecule has 2 aliphatic carbocycles. The third-order valence-electron chi connectivity index (χ3n) is 3.74. The normalized spacial score (nSPS) is 32.8. The molecule has 2 fully saturated rings. The molecule has 2 aliphatic rings. The maximum Gasteiger partial charge on any atom is 0.0250 e. The predicted octanol–water partition coefficient (Wildman–Crippen LogP) is 2.13. The second-order valence-electron chi connectivity index (χ2n) is 4.98. The topological polar surface area (TPSA) is 29.3 Å². The van der Waals surface area contributed by atoms with Crippen LogP contribution in [0.3, 0.4) is 0 Å². The van der Waals surface area contributed by atoms with Crippen LogP contribution in [0.2, 0.25) is 0 Å². The molecule has 0 amide bonds. The molecule has 0 aliphatic heterocycles. The van der Waals surface area contributed by atoms with Crippen molar-refractivity contribution in [3.63, 3.8) is 0 Å². The van der Waals surface area contributed by atoms with Crippen molar-refractivity contribution in [2.24, 2.45) is 5.73 Å². The number of nitrogens with two attached hydrogens (primary N) is 1. The van der Waals surface area contributed by atoms with Gasteiger partial charge in [-0.15, -0.1) is 0 Å². The van der Waals surface area contributed by atoms with Crippen molar-refractivity contribution in [3.8, 4) is 0 Å². The van der Waals surface area contributed by atoms with Gasteiger partial charge in [-0.25, -0.2) is 0 Å². The molecule has 2 heteroatoms. The number of rotatable bonds is 5.